The number of thiophene rings is 1. The lowest BCUT2D eigenvalue weighted by Gasteiger charge is -2.05. The van der Waals surface area contributed by atoms with Gasteiger partial charge in [-0.2, -0.15) is 0 Å². The van der Waals surface area contributed by atoms with E-state index in [4.69, 9.17) is 0 Å². The van der Waals surface area contributed by atoms with Crippen LogP contribution in [-0.2, 0) is 6.42 Å². The summed E-state index contributed by atoms with van der Waals surface area (Å²) in [4.78, 5) is 0. The second-order valence-electron chi connectivity index (χ2n) is 5.52. The molecule has 0 unspecified atom stereocenters. The molecule has 0 fully saturated rings. The highest BCUT2D eigenvalue weighted by molar-refractivity contribution is 9.10. The van der Waals surface area contributed by atoms with Gasteiger partial charge < -0.3 is 0 Å². The zero-order chi connectivity index (χ0) is 14.0. The average Bonchev–Trinajstić information content (AvgIpc) is 3.06. The Balaban J connectivity index is 2.00. The summed E-state index contributed by atoms with van der Waals surface area (Å²) < 4.78 is 3.97. The van der Waals surface area contributed by atoms with E-state index in [-0.39, 0.29) is 0 Å². The van der Waals surface area contributed by atoms with Gasteiger partial charge in [0.25, 0.3) is 0 Å². The molecule has 0 saturated heterocycles. The Morgan fingerprint density at radius 1 is 0.905 bits per heavy atom. The van der Waals surface area contributed by atoms with Gasteiger partial charge in [-0.1, -0.05) is 42.5 Å². The van der Waals surface area contributed by atoms with Gasteiger partial charge in [0.1, 0.15) is 0 Å². The Morgan fingerprint density at radius 3 is 2.67 bits per heavy atom. The standard InChI is InChI=1S/C19H11BrS/c20-16-10-14-12-6-2-1-5-11(12)9-15(14)18-13-7-3-4-8-17(13)21-19(16)18/h1-8,10H,9H2. The lowest BCUT2D eigenvalue weighted by molar-refractivity contribution is 1.29. The zero-order valence-corrected chi connectivity index (χ0v) is 13.6. The number of hydrogen-bond acceptors (Lipinski definition) is 1. The van der Waals surface area contributed by atoms with Crippen molar-refractivity contribution in [3.8, 4) is 11.1 Å². The van der Waals surface area contributed by atoms with Gasteiger partial charge in [-0.25, -0.2) is 0 Å². The summed E-state index contributed by atoms with van der Waals surface area (Å²) in [6.45, 7) is 0. The predicted octanol–water partition coefficient (Wildman–Crippen LogP) is 6.39. The molecule has 1 aliphatic carbocycles. The van der Waals surface area contributed by atoms with Gasteiger partial charge in [-0.05, 0) is 56.7 Å². The van der Waals surface area contributed by atoms with E-state index in [1.165, 1.54) is 46.9 Å². The molecule has 100 valence electrons. The van der Waals surface area contributed by atoms with Gasteiger partial charge in [-0.15, -0.1) is 11.3 Å². The number of fused-ring (bicyclic) bond motifs is 7. The highest BCUT2D eigenvalue weighted by atomic mass is 79.9. The van der Waals surface area contributed by atoms with E-state index in [0.29, 0.717) is 0 Å². The van der Waals surface area contributed by atoms with E-state index in [0.717, 1.165) is 6.42 Å². The van der Waals surface area contributed by atoms with Crippen molar-refractivity contribution in [3.63, 3.8) is 0 Å². The van der Waals surface area contributed by atoms with Crippen molar-refractivity contribution in [1.82, 2.24) is 0 Å². The minimum atomic E-state index is 1.05. The first-order valence-electron chi connectivity index (χ1n) is 7.04. The van der Waals surface area contributed by atoms with Crippen LogP contribution < -0.4 is 0 Å². The van der Waals surface area contributed by atoms with Crippen molar-refractivity contribution in [2.24, 2.45) is 0 Å². The third-order valence-electron chi connectivity index (χ3n) is 4.39. The Bertz CT molecular complexity index is 1030. The fourth-order valence-corrected chi connectivity index (χ4v) is 5.29. The first-order valence-corrected chi connectivity index (χ1v) is 8.65. The van der Waals surface area contributed by atoms with Gasteiger partial charge in [0.15, 0.2) is 0 Å². The van der Waals surface area contributed by atoms with Crippen LogP contribution in [0.2, 0.25) is 0 Å². The maximum absolute atomic E-state index is 3.79. The Kier molecular flexibility index (Phi) is 2.38. The quantitative estimate of drug-likeness (QED) is 0.303. The molecule has 0 radical (unpaired) electrons. The highest BCUT2D eigenvalue weighted by Crippen LogP contribution is 2.48. The molecule has 1 aliphatic rings. The molecule has 2 heteroatoms. The number of rotatable bonds is 0. The van der Waals surface area contributed by atoms with E-state index >= 15 is 0 Å². The Labute approximate surface area is 135 Å². The summed E-state index contributed by atoms with van der Waals surface area (Å²) in [5, 5.41) is 2.83. The van der Waals surface area contributed by atoms with Crippen molar-refractivity contribution in [2.75, 3.05) is 0 Å². The van der Waals surface area contributed by atoms with Crippen LogP contribution in [0, 0.1) is 0 Å². The van der Waals surface area contributed by atoms with Crippen molar-refractivity contribution in [3.05, 3.63) is 70.2 Å². The smallest absolute Gasteiger partial charge is 0.0500 e. The summed E-state index contributed by atoms with van der Waals surface area (Å²) >= 11 is 5.68. The van der Waals surface area contributed by atoms with Crippen LogP contribution in [0.5, 0.6) is 0 Å². The SMILES string of the molecule is Brc1cc2c(c3c1sc1ccccc13)Cc1ccccc1-2. The molecule has 21 heavy (non-hydrogen) atoms. The summed E-state index contributed by atoms with van der Waals surface area (Å²) in [5.74, 6) is 0. The third kappa shape index (κ3) is 1.55. The first-order chi connectivity index (χ1) is 10.3. The number of hydrogen-bond donors (Lipinski definition) is 0. The predicted molar refractivity (Wildman–Crippen MR) is 95.3 cm³/mol. The first kappa shape index (κ1) is 12.0. The van der Waals surface area contributed by atoms with E-state index in [1.54, 1.807) is 0 Å². The molecule has 0 bridgehead atoms. The molecule has 0 atom stereocenters. The van der Waals surface area contributed by atoms with Gasteiger partial charge in [-0.3, -0.25) is 0 Å². The molecule has 0 aliphatic heterocycles. The van der Waals surface area contributed by atoms with Crippen LogP contribution in [0.4, 0.5) is 0 Å². The van der Waals surface area contributed by atoms with Gasteiger partial charge >= 0.3 is 0 Å². The molecule has 0 spiro atoms. The molecule has 0 N–H and O–H groups in total. The van der Waals surface area contributed by atoms with Crippen molar-refractivity contribution in [1.29, 1.82) is 0 Å². The summed E-state index contributed by atoms with van der Waals surface area (Å²) in [6.07, 6.45) is 1.05. The van der Waals surface area contributed by atoms with Crippen molar-refractivity contribution in [2.45, 2.75) is 6.42 Å². The van der Waals surface area contributed by atoms with Crippen LogP contribution in [0.3, 0.4) is 0 Å². The number of halogens is 1. The summed E-state index contributed by atoms with van der Waals surface area (Å²) in [5.41, 5.74) is 5.73. The third-order valence-corrected chi connectivity index (χ3v) is 6.48. The maximum atomic E-state index is 3.79. The minimum Gasteiger partial charge on any atom is -0.134 e. The monoisotopic (exact) mass is 350 g/mol. The molecule has 3 aromatic carbocycles. The second kappa shape index (κ2) is 4.19. The molecular formula is C19H11BrS. The molecule has 0 saturated carbocycles. The normalized spacial score (nSPS) is 12.8. The molecule has 1 aromatic heterocycles. The minimum absolute atomic E-state index is 1.05. The van der Waals surface area contributed by atoms with Gasteiger partial charge in [0, 0.05) is 19.9 Å². The Hall–Kier alpha value is -1.64. The van der Waals surface area contributed by atoms with E-state index in [1.807, 2.05) is 11.3 Å². The lowest BCUT2D eigenvalue weighted by atomic mass is 10.0. The van der Waals surface area contributed by atoms with E-state index < -0.39 is 0 Å². The van der Waals surface area contributed by atoms with Gasteiger partial charge in [0.2, 0.25) is 0 Å². The van der Waals surface area contributed by atoms with Crippen LogP contribution in [0.15, 0.2) is 59.1 Å². The van der Waals surface area contributed by atoms with E-state index in [2.05, 4.69) is 70.5 Å². The Morgan fingerprint density at radius 2 is 1.71 bits per heavy atom. The van der Waals surface area contributed by atoms with Crippen LogP contribution in [-0.4, -0.2) is 0 Å². The van der Waals surface area contributed by atoms with Crippen LogP contribution in [0.1, 0.15) is 11.1 Å². The second-order valence-corrected chi connectivity index (χ2v) is 7.43. The molecule has 4 aromatic rings. The molecular weight excluding hydrogens is 340 g/mol. The molecule has 0 nitrogen and oxygen atoms in total. The lowest BCUT2D eigenvalue weighted by Crippen LogP contribution is -1.83. The topological polar surface area (TPSA) is 0 Å². The molecule has 0 amide bonds. The summed E-state index contributed by atoms with van der Waals surface area (Å²) in [6, 6.07) is 19.8. The average molecular weight is 351 g/mol. The van der Waals surface area contributed by atoms with Crippen molar-refractivity contribution < 1.29 is 0 Å². The van der Waals surface area contributed by atoms with Gasteiger partial charge in [0.05, 0.1) is 4.70 Å². The summed E-state index contributed by atoms with van der Waals surface area (Å²) in [7, 11) is 0. The fourth-order valence-electron chi connectivity index (χ4n) is 3.48. The van der Waals surface area contributed by atoms with Crippen LogP contribution in [0.25, 0.3) is 31.3 Å². The molecule has 1 heterocycles. The molecule has 5 rings (SSSR count). The van der Waals surface area contributed by atoms with Crippen molar-refractivity contribution >= 4 is 47.4 Å². The largest absolute Gasteiger partial charge is 0.134 e. The van der Waals surface area contributed by atoms with E-state index in [9.17, 15) is 0 Å². The zero-order valence-electron chi connectivity index (χ0n) is 11.2. The number of benzene rings is 3. The highest BCUT2D eigenvalue weighted by Gasteiger charge is 2.23. The fraction of sp³-hybridized carbons (Fsp3) is 0.0526. The van der Waals surface area contributed by atoms with Crippen LogP contribution >= 0.6 is 27.3 Å². The maximum Gasteiger partial charge on any atom is 0.0500 e.